The SMILES string of the molecule is COc1cccc2c1[C@@H](C[C@H]1CCCN1C)CS2(=O)=O. The average Bonchev–Trinajstić information content (AvgIpc) is 2.93. The number of sulfone groups is 1. The lowest BCUT2D eigenvalue weighted by atomic mass is 9.92. The lowest BCUT2D eigenvalue weighted by molar-refractivity contribution is 0.284. The Balaban J connectivity index is 1.96. The first-order valence-electron chi connectivity index (χ1n) is 7.13. The molecule has 0 spiro atoms. The summed E-state index contributed by atoms with van der Waals surface area (Å²) in [5, 5.41) is 0. The van der Waals surface area contributed by atoms with Gasteiger partial charge in [0, 0.05) is 17.5 Å². The van der Waals surface area contributed by atoms with Crippen LogP contribution in [0.15, 0.2) is 23.1 Å². The molecule has 1 fully saturated rings. The van der Waals surface area contributed by atoms with Crippen molar-refractivity contribution in [2.24, 2.45) is 0 Å². The minimum atomic E-state index is -3.15. The van der Waals surface area contributed by atoms with Gasteiger partial charge in [-0.25, -0.2) is 8.42 Å². The Hall–Kier alpha value is -1.07. The molecule has 2 aliphatic heterocycles. The first-order chi connectivity index (χ1) is 9.53. The maximum Gasteiger partial charge on any atom is 0.179 e. The maximum absolute atomic E-state index is 12.3. The Morgan fingerprint density at radius 1 is 1.40 bits per heavy atom. The standard InChI is InChI=1S/C15H21NO3S/c1-16-8-4-5-12(16)9-11-10-20(17,18)14-7-3-6-13(19-2)15(11)14/h3,6-7,11-12H,4-5,8-10H2,1-2H3/t11-,12+/m0/s1. The van der Waals surface area contributed by atoms with Gasteiger partial charge in [-0.3, -0.25) is 0 Å². The Morgan fingerprint density at radius 3 is 2.85 bits per heavy atom. The number of ether oxygens (including phenoxy) is 1. The highest BCUT2D eigenvalue weighted by molar-refractivity contribution is 7.91. The third-order valence-electron chi connectivity index (χ3n) is 4.64. The molecule has 0 N–H and O–H groups in total. The van der Waals surface area contributed by atoms with Crippen molar-refractivity contribution in [2.75, 3.05) is 26.5 Å². The van der Waals surface area contributed by atoms with Gasteiger partial charge in [-0.2, -0.15) is 0 Å². The van der Waals surface area contributed by atoms with Gasteiger partial charge in [0.05, 0.1) is 17.8 Å². The van der Waals surface area contributed by atoms with Crippen LogP contribution < -0.4 is 4.74 Å². The van der Waals surface area contributed by atoms with E-state index in [1.54, 1.807) is 19.2 Å². The Kier molecular flexibility index (Phi) is 3.50. The van der Waals surface area contributed by atoms with Crippen molar-refractivity contribution in [3.8, 4) is 5.75 Å². The molecule has 0 amide bonds. The van der Waals surface area contributed by atoms with Crippen LogP contribution in [0.25, 0.3) is 0 Å². The summed E-state index contributed by atoms with van der Waals surface area (Å²) in [6, 6.07) is 5.83. The smallest absolute Gasteiger partial charge is 0.179 e. The Morgan fingerprint density at radius 2 is 2.20 bits per heavy atom. The van der Waals surface area contributed by atoms with Gasteiger partial charge in [0.15, 0.2) is 9.84 Å². The second kappa shape index (κ2) is 5.04. The second-order valence-electron chi connectivity index (χ2n) is 5.86. The molecule has 4 nitrogen and oxygen atoms in total. The quantitative estimate of drug-likeness (QED) is 0.856. The third-order valence-corrected chi connectivity index (χ3v) is 6.51. The van der Waals surface area contributed by atoms with E-state index in [0.717, 1.165) is 24.9 Å². The monoisotopic (exact) mass is 295 g/mol. The molecule has 0 bridgehead atoms. The zero-order valence-corrected chi connectivity index (χ0v) is 12.8. The fraction of sp³-hybridized carbons (Fsp3) is 0.600. The van der Waals surface area contributed by atoms with E-state index < -0.39 is 9.84 Å². The molecular formula is C15H21NO3S. The molecule has 20 heavy (non-hydrogen) atoms. The molecule has 5 heteroatoms. The average molecular weight is 295 g/mol. The van der Waals surface area contributed by atoms with Crippen LogP contribution in [0, 0.1) is 0 Å². The normalized spacial score (nSPS) is 28.5. The largest absolute Gasteiger partial charge is 0.496 e. The van der Waals surface area contributed by atoms with Crippen molar-refractivity contribution >= 4 is 9.84 Å². The summed E-state index contributed by atoms with van der Waals surface area (Å²) in [7, 11) is 0.595. The molecule has 2 aliphatic rings. The number of benzene rings is 1. The molecule has 1 saturated heterocycles. The van der Waals surface area contributed by atoms with Crippen LogP contribution >= 0.6 is 0 Å². The lowest BCUT2D eigenvalue weighted by Crippen LogP contribution is -2.27. The van der Waals surface area contributed by atoms with Gasteiger partial charge < -0.3 is 9.64 Å². The van der Waals surface area contributed by atoms with Gasteiger partial charge in [-0.05, 0) is 45.0 Å². The van der Waals surface area contributed by atoms with Crippen LogP contribution in [0.4, 0.5) is 0 Å². The fourth-order valence-corrected chi connectivity index (χ4v) is 5.51. The minimum absolute atomic E-state index is 0.0664. The molecule has 110 valence electrons. The number of hydrogen-bond acceptors (Lipinski definition) is 4. The van der Waals surface area contributed by atoms with Gasteiger partial charge in [-0.15, -0.1) is 0 Å². The lowest BCUT2D eigenvalue weighted by Gasteiger charge is -2.23. The summed E-state index contributed by atoms with van der Waals surface area (Å²) in [5.41, 5.74) is 0.898. The van der Waals surface area contributed by atoms with Crippen LogP contribution in [0.3, 0.4) is 0 Å². The molecule has 0 aromatic heterocycles. The highest BCUT2D eigenvalue weighted by Crippen LogP contribution is 2.44. The van der Waals surface area contributed by atoms with Gasteiger partial charge in [0.2, 0.25) is 0 Å². The van der Waals surface area contributed by atoms with Crippen LogP contribution in [-0.2, 0) is 9.84 Å². The molecule has 2 atom stereocenters. The number of rotatable bonds is 3. The molecule has 3 rings (SSSR count). The summed E-state index contributed by atoms with van der Waals surface area (Å²) < 4.78 is 30.0. The van der Waals surface area contributed by atoms with Crippen LogP contribution in [0.5, 0.6) is 5.75 Å². The molecule has 1 aromatic rings. The van der Waals surface area contributed by atoms with E-state index in [9.17, 15) is 8.42 Å². The highest BCUT2D eigenvalue weighted by atomic mass is 32.2. The summed E-state index contributed by atoms with van der Waals surface area (Å²) in [4.78, 5) is 2.82. The minimum Gasteiger partial charge on any atom is -0.496 e. The van der Waals surface area contributed by atoms with Gasteiger partial charge in [0.1, 0.15) is 5.75 Å². The van der Waals surface area contributed by atoms with E-state index in [1.807, 2.05) is 6.07 Å². The molecule has 0 radical (unpaired) electrons. The molecule has 0 saturated carbocycles. The summed E-state index contributed by atoms with van der Waals surface area (Å²) in [6.07, 6.45) is 3.28. The predicted molar refractivity (Wildman–Crippen MR) is 78.1 cm³/mol. The van der Waals surface area contributed by atoms with Crippen molar-refractivity contribution in [3.63, 3.8) is 0 Å². The number of fused-ring (bicyclic) bond motifs is 1. The molecular weight excluding hydrogens is 274 g/mol. The zero-order chi connectivity index (χ0) is 14.3. The number of methoxy groups -OCH3 is 1. The first-order valence-corrected chi connectivity index (χ1v) is 8.78. The van der Waals surface area contributed by atoms with Gasteiger partial charge in [-0.1, -0.05) is 6.07 Å². The van der Waals surface area contributed by atoms with Crippen molar-refractivity contribution in [3.05, 3.63) is 23.8 Å². The first kappa shape index (κ1) is 13.9. The van der Waals surface area contributed by atoms with Crippen molar-refractivity contribution in [2.45, 2.75) is 36.1 Å². The molecule has 2 heterocycles. The zero-order valence-electron chi connectivity index (χ0n) is 12.0. The molecule has 1 aromatic carbocycles. The van der Waals surface area contributed by atoms with Crippen LogP contribution in [0.2, 0.25) is 0 Å². The topological polar surface area (TPSA) is 46.6 Å². The van der Waals surface area contributed by atoms with Crippen molar-refractivity contribution in [1.82, 2.24) is 4.90 Å². The number of hydrogen-bond donors (Lipinski definition) is 0. The van der Waals surface area contributed by atoms with E-state index in [2.05, 4.69) is 11.9 Å². The van der Waals surface area contributed by atoms with Crippen molar-refractivity contribution in [1.29, 1.82) is 0 Å². The predicted octanol–water partition coefficient (Wildman–Crippen LogP) is 2.05. The second-order valence-corrected chi connectivity index (χ2v) is 7.87. The highest BCUT2D eigenvalue weighted by Gasteiger charge is 2.39. The summed E-state index contributed by atoms with van der Waals surface area (Å²) >= 11 is 0. The fourth-order valence-electron chi connectivity index (χ4n) is 3.60. The summed E-state index contributed by atoms with van der Waals surface area (Å²) in [6.45, 7) is 1.11. The van der Waals surface area contributed by atoms with Gasteiger partial charge >= 0.3 is 0 Å². The van der Waals surface area contributed by atoms with E-state index in [1.165, 1.54) is 6.42 Å². The Bertz CT molecular complexity index is 612. The van der Waals surface area contributed by atoms with Crippen LogP contribution in [-0.4, -0.2) is 45.8 Å². The molecule has 0 aliphatic carbocycles. The number of likely N-dealkylation sites (tertiary alicyclic amines) is 1. The van der Waals surface area contributed by atoms with Gasteiger partial charge in [0.25, 0.3) is 0 Å². The maximum atomic E-state index is 12.3. The Labute approximate surface area is 120 Å². The van der Waals surface area contributed by atoms with E-state index in [-0.39, 0.29) is 11.7 Å². The third kappa shape index (κ3) is 2.23. The van der Waals surface area contributed by atoms with E-state index in [4.69, 9.17) is 4.74 Å². The molecule has 0 unspecified atom stereocenters. The van der Waals surface area contributed by atoms with Crippen molar-refractivity contribution < 1.29 is 13.2 Å². The summed E-state index contributed by atoms with van der Waals surface area (Å²) in [5.74, 6) is 1.01. The van der Waals surface area contributed by atoms with E-state index >= 15 is 0 Å². The van der Waals surface area contributed by atoms with Crippen LogP contribution in [0.1, 0.15) is 30.7 Å². The van der Waals surface area contributed by atoms with E-state index in [0.29, 0.717) is 16.7 Å². The number of nitrogens with zero attached hydrogens (tertiary/aromatic N) is 1.